The average molecular weight is 210 g/mol. The van der Waals surface area contributed by atoms with Gasteiger partial charge in [-0.1, -0.05) is 11.6 Å². The van der Waals surface area contributed by atoms with Gasteiger partial charge in [0.25, 0.3) is 0 Å². The third-order valence-electron chi connectivity index (χ3n) is 1.96. The number of nitrogens with zero attached hydrogens (tertiary/aromatic N) is 1. The van der Waals surface area contributed by atoms with Crippen LogP contribution in [0.15, 0.2) is 24.4 Å². The van der Waals surface area contributed by atoms with Crippen molar-refractivity contribution in [2.45, 2.75) is 0 Å². The average Bonchev–Trinajstić information content (AvgIpc) is 2.19. The van der Waals surface area contributed by atoms with Crippen LogP contribution < -0.4 is 4.74 Å². The minimum absolute atomic E-state index is 0.0904. The van der Waals surface area contributed by atoms with E-state index in [0.717, 1.165) is 0 Å². The first-order valence-corrected chi connectivity index (χ1v) is 4.41. The number of benzene rings is 1. The summed E-state index contributed by atoms with van der Waals surface area (Å²) in [7, 11) is 1.57. The molecular formula is C10H8ClNO2. The molecule has 0 atom stereocenters. The second-order valence-corrected chi connectivity index (χ2v) is 3.25. The summed E-state index contributed by atoms with van der Waals surface area (Å²) in [6.07, 6.45) is 1.36. The summed E-state index contributed by atoms with van der Waals surface area (Å²) in [6, 6.07) is 5.02. The van der Waals surface area contributed by atoms with E-state index in [0.29, 0.717) is 21.7 Å². The molecule has 4 heteroatoms. The maximum Gasteiger partial charge on any atom is 0.145 e. The van der Waals surface area contributed by atoms with Gasteiger partial charge in [-0.15, -0.1) is 0 Å². The van der Waals surface area contributed by atoms with Crippen molar-refractivity contribution in [3.63, 3.8) is 0 Å². The van der Waals surface area contributed by atoms with Gasteiger partial charge in [-0.05, 0) is 18.2 Å². The normalized spacial score (nSPS) is 10.4. The molecule has 0 bridgehead atoms. The van der Waals surface area contributed by atoms with Crippen LogP contribution in [0.25, 0.3) is 10.9 Å². The van der Waals surface area contributed by atoms with Crippen molar-refractivity contribution in [1.29, 1.82) is 0 Å². The van der Waals surface area contributed by atoms with Gasteiger partial charge in [-0.3, -0.25) is 0 Å². The largest absolute Gasteiger partial charge is 0.506 e. The zero-order valence-corrected chi connectivity index (χ0v) is 8.25. The molecule has 3 nitrogen and oxygen atoms in total. The first-order valence-electron chi connectivity index (χ1n) is 4.03. The Hall–Kier alpha value is -1.48. The van der Waals surface area contributed by atoms with Crippen molar-refractivity contribution in [2.75, 3.05) is 7.11 Å². The minimum Gasteiger partial charge on any atom is -0.506 e. The van der Waals surface area contributed by atoms with Crippen LogP contribution in [0.2, 0.25) is 5.02 Å². The molecule has 0 spiro atoms. The molecule has 2 rings (SSSR count). The van der Waals surface area contributed by atoms with Gasteiger partial charge >= 0.3 is 0 Å². The Kier molecular flexibility index (Phi) is 2.17. The highest BCUT2D eigenvalue weighted by atomic mass is 35.5. The van der Waals surface area contributed by atoms with Crippen LogP contribution >= 0.6 is 11.6 Å². The summed E-state index contributed by atoms with van der Waals surface area (Å²) in [5.41, 5.74) is 0.651. The smallest absolute Gasteiger partial charge is 0.145 e. The van der Waals surface area contributed by atoms with Crippen LogP contribution in [-0.4, -0.2) is 17.2 Å². The summed E-state index contributed by atoms with van der Waals surface area (Å²) in [4.78, 5) is 4.05. The summed E-state index contributed by atoms with van der Waals surface area (Å²) >= 11 is 5.95. The van der Waals surface area contributed by atoms with Gasteiger partial charge < -0.3 is 9.84 Å². The topological polar surface area (TPSA) is 42.4 Å². The molecule has 2 aromatic rings. The molecule has 0 amide bonds. The van der Waals surface area contributed by atoms with E-state index in [-0.39, 0.29) is 5.75 Å². The number of hydrogen-bond acceptors (Lipinski definition) is 3. The molecular weight excluding hydrogens is 202 g/mol. The maximum absolute atomic E-state index is 9.26. The van der Waals surface area contributed by atoms with Crippen LogP contribution in [0.5, 0.6) is 11.5 Å². The number of pyridine rings is 1. The number of ether oxygens (including phenoxy) is 1. The number of methoxy groups -OCH3 is 1. The molecule has 72 valence electrons. The highest BCUT2D eigenvalue weighted by Gasteiger charge is 2.06. The second kappa shape index (κ2) is 3.35. The van der Waals surface area contributed by atoms with Gasteiger partial charge in [-0.2, -0.15) is 0 Å². The number of aromatic nitrogens is 1. The SMILES string of the molecule is COc1ccc(Cl)c2cc(O)cnc12. The third-order valence-corrected chi connectivity index (χ3v) is 2.29. The van der Waals surface area contributed by atoms with Gasteiger partial charge in [-0.25, -0.2) is 4.98 Å². The quantitative estimate of drug-likeness (QED) is 0.785. The summed E-state index contributed by atoms with van der Waals surface area (Å²) in [6.45, 7) is 0. The standard InChI is InChI=1S/C10H8ClNO2/c1-14-9-3-2-8(11)7-4-6(13)5-12-10(7)9/h2-5,13H,1H3. The van der Waals surface area contributed by atoms with Crippen molar-refractivity contribution in [3.8, 4) is 11.5 Å². The van der Waals surface area contributed by atoms with Crippen molar-refractivity contribution in [3.05, 3.63) is 29.4 Å². The van der Waals surface area contributed by atoms with E-state index in [1.54, 1.807) is 25.3 Å². The van der Waals surface area contributed by atoms with Crippen LogP contribution in [0.4, 0.5) is 0 Å². The molecule has 14 heavy (non-hydrogen) atoms. The number of aromatic hydroxyl groups is 1. The van der Waals surface area contributed by atoms with Gasteiger partial charge in [0.1, 0.15) is 17.0 Å². The van der Waals surface area contributed by atoms with Crippen LogP contribution in [-0.2, 0) is 0 Å². The predicted octanol–water partition coefficient (Wildman–Crippen LogP) is 2.60. The zero-order valence-electron chi connectivity index (χ0n) is 7.49. The Balaban J connectivity index is 2.84. The summed E-state index contributed by atoms with van der Waals surface area (Å²) in [5.74, 6) is 0.733. The molecule has 0 aliphatic carbocycles. The van der Waals surface area contributed by atoms with E-state index in [2.05, 4.69) is 4.98 Å². The summed E-state index contributed by atoms with van der Waals surface area (Å²) in [5, 5.41) is 10.5. The number of hydrogen-bond donors (Lipinski definition) is 1. The lowest BCUT2D eigenvalue weighted by Crippen LogP contribution is -1.87. The molecule has 0 fully saturated rings. The van der Waals surface area contributed by atoms with Gasteiger partial charge in [0, 0.05) is 5.39 Å². The molecule has 0 aliphatic rings. The Bertz CT molecular complexity index is 485. The predicted molar refractivity (Wildman–Crippen MR) is 55.0 cm³/mol. The number of halogens is 1. The molecule has 0 saturated carbocycles. The Morgan fingerprint density at radius 1 is 1.43 bits per heavy atom. The van der Waals surface area contributed by atoms with E-state index < -0.39 is 0 Å². The van der Waals surface area contributed by atoms with Crippen molar-refractivity contribution < 1.29 is 9.84 Å². The van der Waals surface area contributed by atoms with Gasteiger partial charge in [0.05, 0.1) is 18.3 Å². The minimum atomic E-state index is 0.0904. The van der Waals surface area contributed by atoms with E-state index in [4.69, 9.17) is 16.3 Å². The van der Waals surface area contributed by atoms with Gasteiger partial charge in [0.2, 0.25) is 0 Å². The Labute approximate surface area is 85.9 Å². The summed E-state index contributed by atoms with van der Waals surface area (Å²) < 4.78 is 5.12. The fourth-order valence-corrected chi connectivity index (χ4v) is 1.52. The highest BCUT2D eigenvalue weighted by molar-refractivity contribution is 6.35. The number of rotatable bonds is 1. The van der Waals surface area contributed by atoms with Crippen LogP contribution in [0, 0.1) is 0 Å². The van der Waals surface area contributed by atoms with Gasteiger partial charge in [0.15, 0.2) is 0 Å². The monoisotopic (exact) mass is 209 g/mol. The fourth-order valence-electron chi connectivity index (χ4n) is 1.31. The van der Waals surface area contributed by atoms with Crippen molar-refractivity contribution >= 4 is 22.5 Å². The third kappa shape index (κ3) is 1.36. The lowest BCUT2D eigenvalue weighted by molar-refractivity contribution is 0.418. The zero-order chi connectivity index (χ0) is 10.1. The lowest BCUT2D eigenvalue weighted by Gasteiger charge is -2.05. The van der Waals surface area contributed by atoms with Crippen molar-refractivity contribution in [1.82, 2.24) is 4.98 Å². The number of fused-ring (bicyclic) bond motifs is 1. The highest BCUT2D eigenvalue weighted by Crippen LogP contribution is 2.31. The first kappa shape index (κ1) is 9.09. The van der Waals surface area contributed by atoms with Crippen LogP contribution in [0.1, 0.15) is 0 Å². The molecule has 0 aliphatic heterocycles. The molecule has 1 N–H and O–H groups in total. The van der Waals surface area contributed by atoms with E-state index in [1.165, 1.54) is 6.20 Å². The molecule has 0 unspecified atom stereocenters. The van der Waals surface area contributed by atoms with E-state index in [9.17, 15) is 5.11 Å². The maximum atomic E-state index is 9.26. The molecule has 0 radical (unpaired) electrons. The molecule has 1 aromatic carbocycles. The second-order valence-electron chi connectivity index (χ2n) is 2.84. The van der Waals surface area contributed by atoms with Crippen molar-refractivity contribution in [2.24, 2.45) is 0 Å². The molecule has 1 heterocycles. The van der Waals surface area contributed by atoms with E-state index >= 15 is 0 Å². The first-order chi connectivity index (χ1) is 6.72. The molecule has 1 aromatic heterocycles. The Morgan fingerprint density at radius 2 is 2.21 bits per heavy atom. The fraction of sp³-hybridized carbons (Fsp3) is 0.100. The lowest BCUT2D eigenvalue weighted by atomic mass is 10.2. The Morgan fingerprint density at radius 3 is 2.93 bits per heavy atom. The molecule has 0 saturated heterocycles. The van der Waals surface area contributed by atoms with E-state index in [1.807, 2.05) is 0 Å². The van der Waals surface area contributed by atoms with Crippen LogP contribution in [0.3, 0.4) is 0 Å².